The van der Waals surface area contributed by atoms with Crippen molar-refractivity contribution >= 4 is 0 Å². The van der Waals surface area contributed by atoms with E-state index in [2.05, 4.69) is 0 Å². The smallest absolute Gasteiger partial charge is 0.157 e. The summed E-state index contributed by atoms with van der Waals surface area (Å²) in [4.78, 5) is 0. The lowest BCUT2D eigenvalue weighted by Crippen LogP contribution is -2.35. The summed E-state index contributed by atoms with van der Waals surface area (Å²) in [5, 5.41) is 9.63. The van der Waals surface area contributed by atoms with Crippen LogP contribution in [0.4, 0.5) is 0 Å². The maximum absolute atomic E-state index is 9.63. The van der Waals surface area contributed by atoms with Gasteiger partial charge in [0.05, 0.1) is 12.7 Å². The van der Waals surface area contributed by atoms with Crippen LogP contribution in [0.15, 0.2) is 0 Å². The van der Waals surface area contributed by atoms with Crippen molar-refractivity contribution < 1.29 is 14.6 Å². The van der Waals surface area contributed by atoms with E-state index < -0.39 is 0 Å². The Kier molecular flexibility index (Phi) is 2.35. The van der Waals surface area contributed by atoms with E-state index in [0.717, 1.165) is 25.9 Å². The second kappa shape index (κ2) is 3.32. The quantitative estimate of drug-likeness (QED) is 0.635. The highest BCUT2D eigenvalue weighted by atomic mass is 16.7. The summed E-state index contributed by atoms with van der Waals surface area (Å²) in [6.07, 6.45) is 2.72. The van der Waals surface area contributed by atoms with E-state index in [1.165, 1.54) is 0 Å². The Hall–Kier alpha value is -0.120. The zero-order chi connectivity index (χ0) is 8.55. The van der Waals surface area contributed by atoms with Crippen molar-refractivity contribution in [3.8, 4) is 0 Å². The maximum Gasteiger partial charge on any atom is 0.157 e. The van der Waals surface area contributed by atoms with Crippen LogP contribution in [0.3, 0.4) is 0 Å². The number of aliphatic hydroxyl groups is 1. The molecule has 1 saturated carbocycles. The van der Waals surface area contributed by atoms with Gasteiger partial charge in [0.15, 0.2) is 6.29 Å². The highest BCUT2D eigenvalue weighted by molar-refractivity contribution is 4.87. The number of ether oxygens (including phenoxy) is 2. The molecule has 0 bridgehead atoms. The molecule has 0 aromatic heterocycles. The van der Waals surface area contributed by atoms with Gasteiger partial charge in [0, 0.05) is 13.5 Å². The Morgan fingerprint density at radius 3 is 3.00 bits per heavy atom. The van der Waals surface area contributed by atoms with Crippen LogP contribution >= 0.6 is 0 Å². The maximum atomic E-state index is 9.63. The van der Waals surface area contributed by atoms with Gasteiger partial charge in [0.25, 0.3) is 0 Å². The van der Waals surface area contributed by atoms with Gasteiger partial charge in [-0.2, -0.15) is 0 Å². The number of hydrogen-bond donors (Lipinski definition) is 1. The first kappa shape index (κ1) is 8.48. The van der Waals surface area contributed by atoms with Gasteiger partial charge < -0.3 is 14.6 Å². The zero-order valence-corrected chi connectivity index (χ0v) is 7.40. The predicted molar refractivity (Wildman–Crippen MR) is 43.6 cm³/mol. The Morgan fingerprint density at radius 2 is 2.25 bits per heavy atom. The van der Waals surface area contributed by atoms with Crippen LogP contribution in [0.2, 0.25) is 0 Å². The molecule has 1 aliphatic heterocycles. The fourth-order valence-electron chi connectivity index (χ4n) is 2.37. The topological polar surface area (TPSA) is 38.7 Å². The Labute approximate surface area is 72.7 Å². The van der Waals surface area contributed by atoms with Crippen LogP contribution in [-0.2, 0) is 9.47 Å². The molecule has 0 radical (unpaired) electrons. The lowest BCUT2D eigenvalue weighted by Gasteiger charge is -2.32. The third-order valence-electron chi connectivity index (χ3n) is 3.16. The average molecular weight is 172 g/mol. The van der Waals surface area contributed by atoms with Gasteiger partial charge >= 0.3 is 0 Å². The molecule has 2 aliphatic rings. The van der Waals surface area contributed by atoms with E-state index in [1.807, 2.05) is 0 Å². The van der Waals surface area contributed by atoms with E-state index in [4.69, 9.17) is 9.47 Å². The van der Waals surface area contributed by atoms with Crippen LogP contribution in [-0.4, -0.2) is 31.2 Å². The molecule has 70 valence electrons. The first-order valence-electron chi connectivity index (χ1n) is 4.63. The molecule has 3 heteroatoms. The second-order valence-electron chi connectivity index (χ2n) is 3.80. The molecule has 12 heavy (non-hydrogen) atoms. The van der Waals surface area contributed by atoms with Crippen molar-refractivity contribution in [1.82, 2.24) is 0 Å². The molecule has 4 atom stereocenters. The van der Waals surface area contributed by atoms with Crippen molar-refractivity contribution in [3.63, 3.8) is 0 Å². The third-order valence-corrected chi connectivity index (χ3v) is 3.16. The number of aliphatic hydroxyl groups excluding tert-OH is 1. The summed E-state index contributed by atoms with van der Waals surface area (Å²) in [5.41, 5.74) is 0. The normalized spacial score (nSPS) is 47.5. The molecule has 0 spiro atoms. The zero-order valence-electron chi connectivity index (χ0n) is 7.40. The largest absolute Gasteiger partial charge is 0.393 e. The molecule has 0 amide bonds. The summed E-state index contributed by atoms with van der Waals surface area (Å²) in [6.45, 7) is 0.764. The number of hydrogen-bond acceptors (Lipinski definition) is 3. The molecule has 2 rings (SSSR count). The minimum Gasteiger partial charge on any atom is -0.393 e. The second-order valence-corrected chi connectivity index (χ2v) is 3.80. The average Bonchev–Trinajstić information content (AvgIpc) is 2.47. The summed E-state index contributed by atoms with van der Waals surface area (Å²) in [5.74, 6) is 0.995. The van der Waals surface area contributed by atoms with Gasteiger partial charge in [-0.05, 0) is 24.7 Å². The Bertz CT molecular complexity index is 160. The SMILES string of the molecule is COC1CC2C(O)CCC2CO1. The van der Waals surface area contributed by atoms with Crippen molar-refractivity contribution in [2.45, 2.75) is 31.7 Å². The van der Waals surface area contributed by atoms with E-state index in [1.54, 1.807) is 7.11 Å². The summed E-state index contributed by atoms with van der Waals surface area (Å²) < 4.78 is 10.6. The molecule has 2 fully saturated rings. The number of fused-ring (bicyclic) bond motifs is 1. The van der Waals surface area contributed by atoms with Crippen molar-refractivity contribution in [1.29, 1.82) is 0 Å². The van der Waals surface area contributed by atoms with Crippen LogP contribution < -0.4 is 0 Å². The van der Waals surface area contributed by atoms with Gasteiger partial charge in [-0.3, -0.25) is 0 Å². The minimum atomic E-state index is -0.114. The summed E-state index contributed by atoms with van der Waals surface area (Å²) in [7, 11) is 1.66. The van der Waals surface area contributed by atoms with Crippen LogP contribution in [0.1, 0.15) is 19.3 Å². The van der Waals surface area contributed by atoms with Crippen molar-refractivity contribution in [2.75, 3.05) is 13.7 Å². The first-order valence-corrected chi connectivity index (χ1v) is 4.63. The standard InChI is InChI=1S/C9H16O3/c1-11-9-4-7-6(5-12-9)2-3-8(7)10/h6-10H,2-5H2,1H3. The molecular formula is C9H16O3. The van der Waals surface area contributed by atoms with E-state index in [0.29, 0.717) is 11.8 Å². The highest BCUT2D eigenvalue weighted by Gasteiger charge is 2.40. The molecular weight excluding hydrogens is 156 g/mol. The van der Waals surface area contributed by atoms with Gasteiger partial charge in [0.2, 0.25) is 0 Å². The Balaban J connectivity index is 1.97. The third kappa shape index (κ3) is 1.37. The van der Waals surface area contributed by atoms with E-state index in [9.17, 15) is 5.11 Å². The van der Waals surface area contributed by atoms with Gasteiger partial charge in [-0.25, -0.2) is 0 Å². The summed E-state index contributed by atoms with van der Waals surface area (Å²) in [6, 6.07) is 0. The monoisotopic (exact) mass is 172 g/mol. The van der Waals surface area contributed by atoms with Gasteiger partial charge in [0.1, 0.15) is 0 Å². The molecule has 4 unspecified atom stereocenters. The number of rotatable bonds is 1. The molecule has 1 N–H and O–H groups in total. The molecule has 0 aromatic rings. The predicted octanol–water partition coefficient (Wildman–Crippen LogP) is 0.766. The molecule has 1 saturated heterocycles. The van der Waals surface area contributed by atoms with Crippen LogP contribution in [0.25, 0.3) is 0 Å². The van der Waals surface area contributed by atoms with Crippen LogP contribution in [0, 0.1) is 11.8 Å². The van der Waals surface area contributed by atoms with E-state index >= 15 is 0 Å². The van der Waals surface area contributed by atoms with Gasteiger partial charge in [-0.1, -0.05) is 0 Å². The first-order chi connectivity index (χ1) is 5.81. The van der Waals surface area contributed by atoms with Crippen LogP contribution in [0.5, 0.6) is 0 Å². The van der Waals surface area contributed by atoms with Crippen molar-refractivity contribution in [3.05, 3.63) is 0 Å². The Morgan fingerprint density at radius 1 is 1.42 bits per heavy atom. The molecule has 1 heterocycles. The number of methoxy groups -OCH3 is 1. The molecule has 0 aromatic carbocycles. The van der Waals surface area contributed by atoms with Crippen molar-refractivity contribution in [2.24, 2.45) is 11.8 Å². The molecule has 3 nitrogen and oxygen atoms in total. The van der Waals surface area contributed by atoms with Gasteiger partial charge in [-0.15, -0.1) is 0 Å². The molecule has 1 aliphatic carbocycles. The summed E-state index contributed by atoms with van der Waals surface area (Å²) >= 11 is 0. The fraction of sp³-hybridized carbons (Fsp3) is 1.00. The van der Waals surface area contributed by atoms with E-state index in [-0.39, 0.29) is 12.4 Å². The lowest BCUT2D eigenvalue weighted by molar-refractivity contribution is -0.179. The fourth-order valence-corrected chi connectivity index (χ4v) is 2.37. The minimum absolute atomic E-state index is 0.0843. The highest BCUT2D eigenvalue weighted by Crippen LogP contribution is 2.39. The lowest BCUT2D eigenvalue weighted by atomic mass is 9.90.